The number of aliphatic hydroxyl groups is 5. The van der Waals surface area contributed by atoms with E-state index in [9.17, 15) is 33.4 Å². The third-order valence-corrected chi connectivity index (χ3v) is 18.1. The van der Waals surface area contributed by atoms with Crippen LogP contribution in [0.5, 0.6) is 0 Å². The fourth-order valence-corrected chi connectivity index (χ4v) is 13.2. The zero-order valence-corrected chi connectivity index (χ0v) is 49.7. The van der Waals surface area contributed by atoms with Gasteiger partial charge < -0.3 is 63.2 Å². The van der Waals surface area contributed by atoms with Crippen molar-refractivity contribution in [1.82, 2.24) is 9.80 Å². The Kier molecular flexibility index (Phi) is 31.9. The van der Waals surface area contributed by atoms with Gasteiger partial charge in [-0.15, -0.1) is 0 Å². The van der Waals surface area contributed by atoms with Crippen LogP contribution >= 0.6 is 0 Å². The first-order valence-corrected chi connectivity index (χ1v) is 29.6. The molecule has 4 fully saturated rings. The molecule has 0 aromatic heterocycles. The number of ether oxygens (including phenoxy) is 7. The van der Waals surface area contributed by atoms with Crippen molar-refractivity contribution in [3.8, 4) is 0 Å². The standard InChI is InChI=1S/C54H104N2O15S.Na/c1-9-56(39(2)32-67-40(3)33-66-27-26-65-8)30-47(60)36-70-51-22-14-43(15-23-51)53(4,5)41-10-18-49(19-11-41)68-34-45(58)28-55(38-72(62,63)64)29-46(59)35-69-50-20-12-42(13-21-50)54(6,7)44-16-24-52(25-17-44)71-37-48(61)31-57;/h39-52,57-61H,9-38H2,1-8H3,(H,62,63,64);/q;+1/p-1. The van der Waals surface area contributed by atoms with E-state index in [-0.39, 0.29) is 116 Å². The van der Waals surface area contributed by atoms with E-state index in [1.165, 1.54) is 4.90 Å². The van der Waals surface area contributed by atoms with E-state index in [0.29, 0.717) is 63.3 Å². The van der Waals surface area contributed by atoms with Crippen LogP contribution in [0.4, 0.5) is 0 Å². The molecule has 0 amide bonds. The Hall–Kier alpha value is 0.350. The van der Waals surface area contributed by atoms with E-state index in [4.69, 9.17) is 38.3 Å². The van der Waals surface area contributed by atoms with Crippen molar-refractivity contribution in [2.75, 3.05) is 98.6 Å². The molecule has 0 spiro atoms. The number of hydrogen-bond acceptors (Lipinski definition) is 17. The van der Waals surface area contributed by atoms with Gasteiger partial charge in [-0.2, -0.15) is 0 Å². The molecule has 73 heavy (non-hydrogen) atoms. The Bertz CT molecular complexity index is 1540. The first-order valence-electron chi connectivity index (χ1n) is 28.0. The van der Waals surface area contributed by atoms with E-state index in [2.05, 4.69) is 46.4 Å². The molecule has 17 nitrogen and oxygen atoms in total. The summed E-state index contributed by atoms with van der Waals surface area (Å²) >= 11 is 0. The van der Waals surface area contributed by atoms with E-state index < -0.39 is 40.4 Å². The van der Waals surface area contributed by atoms with Crippen LogP contribution in [0, 0.1) is 34.5 Å². The van der Waals surface area contributed by atoms with Gasteiger partial charge in [-0.25, -0.2) is 8.42 Å². The molecule has 426 valence electrons. The van der Waals surface area contributed by atoms with Gasteiger partial charge in [0.1, 0.15) is 16.2 Å². The molecule has 6 atom stereocenters. The summed E-state index contributed by atoms with van der Waals surface area (Å²) in [5.41, 5.74) is 0.310. The Morgan fingerprint density at radius 1 is 0.562 bits per heavy atom. The van der Waals surface area contributed by atoms with Crippen LogP contribution in [0.15, 0.2) is 0 Å². The van der Waals surface area contributed by atoms with E-state index >= 15 is 0 Å². The van der Waals surface area contributed by atoms with Crippen molar-refractivity contribution in [3.63, 3.8) is 0 Å². The summed E-state index contributed by atoms with van der Waals surface area (Å²) in [4.78, 5) is 3.53. The molecule has 4 aliphatic rings. The number of methoxy groups -OCH3 is 1. The summed E-state index contributed by atoms with van der Waals surface area (Å²) in [6, 6.07) is 0.150. The maximum atomic E-state index is 11.9. The summed E-state index contributed by atoms with van der Waals surface area (Å²) < 4.78 is 76.7. The summed E-state index contributed by atoms with van der Waals surface area (Å²) in [7, 11) is -3.01. The topological polar surface area (TPSA) is 229 Å². The van der Waals surface area contributed by atoms with Crippen molar-refractivity contribution < 1.29 is 101 Å². The second kappa shape index (κ2) is 34.5. The first-order chi connectivity index (χ1) is 34.1. The second-order valence-corrected chi connectivity index (χ2v) is 24.9. The van der Waals surface area contributed by atoms with Gasteiger partial charge >= 0.3 is 29.6 Å². The van der Waals surface area contributed by atoms with Gasteiger partial charge in [-0.05, 0) is 158 Å². The zero-order valence-electron chi connectivity index (χ0n) is 46.9. The minimum atomic E-state index is -4.66. The molecule has 0 bridgehead atoms. The van der Waals surface area contributed by atoms with Crippen molar-refractivity contribution in [1.29, 1.82) is 0 Å². The smallest absolute Gasteiger partial charge is 0.747 e. The average molecular weight is 1080 g/mol. The van der Waals surface area contributed by atoms with Gasteiger partial charge in [0.05, 0.1) is 114 Å². The SMILES string of the molecule is CCN(CC(O)COC1CCC(C(C)(C)C2CCC(OCC(O)CN(CC(O)COC3CCC(C(C)(C)C4CCC(OCC(O)CO)CC4)CC3)CS(=O)(=O)[O-])CC2)CC1)C(C)COC(C)COCCOC.[Na+]. The van der Waals surface area contributed by atoms with Crippen molar-refractivity contribution in [2.24, 2.45) is 34.5 Å². The largest absolute Gasteiger partial charge is 1.00 e. The van der Waals surface area contributed by atoms with Gasteiger partial charge in [-0.1, -0.05) is 34.6 Å². The molecule has 4 saturated carbocycles. The maximum Gasteiger partial charge on any atom is 1.00 e. The zero-order chi connectivity index (χ0) is 52.9. The third-order valence-electron chi connectivity index (χ3n) is 17.4. The second-order valence-electron chi connectivity index (χ2n) is 23.5. The van der Waals surface area contributed by atoms with E-state index in [0.717, 1.165) is 109 Å². The Labute approximate surface area is 463 Å². The van der Waals surface area contributed by atoms with Crippen LogP contribution in [-0.4, -0.2) is 208 Å². The molecule has 0 saturated heterocycles. The van der Waals surface area contributed by atoms with Crippen molar-refractivity contribution >= 4 is 10.1 Å². The van der Waals surface area contributed by atoms with Crippen LogP contribution in [0.1, 0.15) is 151 Å². The summed E-state index contributed by atoms with van der Waals surface area (Å²) in [5.74, 6) is 1.43. The van der Waals surface area contributed by atoms with Crippen molar-refractivity contribution in [2.45, 2.75) is 212 Å². The number of rotatable bonds is 35. The molecular formula is C54H103N2NaO15S. The molecule has 19 heteroatoms. The summed E-state index contributed by atoms with van der Waals surface area (Å²) in [6.07, 6.45) is 12.6. The van der Waals surface area contributed by atoms with Crippen LogP contribution in [0.2, 0.25) is 0 Å². The third kappa shape index (κ3) is 24.7. The molecule has 0 radical (unpaired) electrons. The van der Waals surface area contributed by atoms with Crippen LogP contribution in [0.3, 0.4) is 0 Å². The molecule has 6 unspecified atom stereocenters. The van der Waals surface area contributed by atoms with Gasteiger partial charge in [-0.3, -0.25) is 9.80 Å². The maximum absolute atomic E-state index is 11.9. The molecule has 4 rings (SSSR count). The molecule has 4 aliphatic carbocycles. The number of hydrogen-bond donors (Lipinski definition) is 5. The van der Waals surface area contributed by atoms with Crippen molar-refractivity contribution in [3.05, 3.63) is 0 Å². The summed E-state index contributed by atoms with van der Waals surface area (Å²) in [5, 5.41) is 51.6. The predicted molar refractivity (Wildman–Crippen MR) is 276 cm³/mol. The quantitative estimate of drug-likeness (QED) is 0.0349. The minimum absolute atomic E-state index is 0. The minimum Gasteiger partial charge on any atom is -0.747 e. The fourth-order valence-electron chi connectivity index (χ4n) is 12.5. The average Bonchev–Trinajstić information content (AvgIpc) is 3.35. The van der Waals surface area contributed by atoms with Gasteiger partial charge in [0.25, 0.3) is 0 Å². The van der Waals surface area contributed by atoms with Gasteiger partial charge in [0.15, 0.2) is 0 Å². The van der Waals surface area contributed by atoms with E-state index in [1.807, 2.05) is 6.92 Å². The Morgan fingerprint density at radius 2 is 0.918 bits per heavy atom. The number of likely N-dealkylation sites (N-methyl/N-ethyl adjacent to an activating group) is 1. The van der Waals surface area contributed by atoms with E-state index in [1.54, 1.807) is 7.11 Å². The number of nitrogens with zero attached hydrogens (tertiary/aromatic N) is 2. The molecule has 0 heterocycles. The Balaban J connectivity index is 0.0000141. The summed E-state index contributed by atoms with van der Waals surface area (Å²) in [6.45, 7) is 19.3. The molecule has 0 aliphatic heterocycles. The molecular weight excluding hydrogens is 972 g/mol. The van der Waals surface area contributed by atoms with Gasteiger partial charge in [0.2, 0.25) is 0 Å². The Morgan fingerprint density at radius 3 is 1.25 bits per heavy atom. The van der Waals surface area contributed by atoms with Gasteiger partial charge in [0, 0.05) is 32.8 Å². The fraction of sp³-hybridized carbons (Fsp3) is 1.00. The van der Waals surface area contributed by atoms with Crippen LogP contribution in [0.25, 0.3) is 0 Å². The van der Waals surface area contributed by atoms with Crippen LogP contribution in [-0.2, 0) is 43.3 Å². The molecule has 0 aromatic rings. The molecule has 5 N–H and O–H groups in total. The van der Waals surface area contributed by atoms with Crippen LogP contribution < -0.4 is 29.6 Å². The molecule has 0 aromatic carbocycles. The predicted octanol–water partition coefficient (Wildman–Crippen LogP) is 2.36. The monoisotopic (exact) mass is 1070 g/mol. The normalized spacial score (nSPS) is 28.3. The number of aliphatic hydroxyl groups excluding tert-OH is 5. The first kappa shape index (κ1) is 67.6.